The van der Waals surface area contributed by atoms with Crippen molar-refractivity contribution in [1.29, 1.82) is 10.5 Å². The van der Waals surface area contributed by atoms with E-state index in [0.717, 1.165) is 144 Å². The van der Waals surface area contributed by atoms with Crippen molar-refractivity contribution < 1.29 is 0 Å². The molecule has 4 heterocycles. The molecule has 0 aliphatic heterocycles. The number of fused-ring (bicyclic) bond motifs is 12. The van der Waals surface area contributed by atoms with E-state index < -0.39 is 0 Å². The summed E-state index contributed by atoms with van der Waals surface area (Å²) in [5.41, 5.74) is 27.6. The standard InChI is InChI=1S/C92H56N6/c93-57-59-30-32-60(33-31-59)61-16-14-17-62(48-61)64-36-44-89-81(53-64)83-55-69(41-46-91(83)96(89)73-21-6-2-7-22-73)66-38-43-88-80(52-66)77-27-11-13-29-86(77)98(88)75-25-15-18-70(49-75)78-50-63(34-35-71(78)58-94)67-39-45-90-82(54-67)84-56-68(40-47-92(84)97(90)74-23-8-3-9-24-74)65-37-42-87-79(51-65)76-26-10-12-28-85(76)95(87)72-19-4-1-5-20-72/h1-56H. The molecule has 454 valence electrons. The van der Waals surface area contributed by atoms with Crippen molar-refractivity contribution in [3.05, 3.63) is 351 Å². The van der Waals surface area contributed by atoms with Gasteiger partial charge in [0.2, 0.25) is 0 Å². The molecular formula is C92H56N6. The molecule has 0 radical (unpaired) electrons. The Hall–Kier alpha value is -13.5. The van der Waals surface area contributed by atoms with E-state index in [9.17, 15) is 10.5 Å². The van der Waals surface area contributed by atoms with Gasteiger partial charge in [-0.2, -0.15) is 10.5 Å². The maximum Gasteiger partial charge on any atom is 0.0998 e. The predicted molar refractivity (Wildman–Crippen MR) is 406 cm³/mol. The average Bonchev–Trinajstić information content (AvgIpc) is 1.61. The fraction of sp³-hybridized carbons (Fsp3) is 0. The molecule has 4 aromatic heterocycles. The minimum Gasteiger partial charge on any atom is -0.309 e. The fourth-order valence-electron chi connectivity index (χ4n) is 15.4. The van der Waals surface area contributed by atoms with E-state index in [1.165, 1.54) is 32.6 Å². The quantitative estimate of drug-likeness (QED) is 0.137. The molecule has 19 rings (SSSR count). The van der Waals surface area contributed by atoms with Crippen molar-refractivity contribution in [2.75, 3.05) is 0 Å². The number of rotatable bonds is 10. The minimum absolute atomic E-state index is 0.613. The Morgan fingerprint density at radius 1 is 0.184 bits per heavy atom. The topological polar surface area (TPSA) is 67.3 Å². The summed E-state index contributed by atoms with van der Waals surface area (Å²) in [5.74, 6) is 0. The molecule has 0 amide bonds. The van der Waals surface area contributed by atoms with E-state index in [4.69, 9.17) is 0 Å². The molecule has 0 atom stereocenters. The van der Waals surface area contributed by atoms with Gasteiger partial charge in [0.1, 0.15) is 0 Å². The van der Waals surface area contributed by atoms with Gasteiger partial charge in [0, 0.05) is 71.4 Å². The van der Waals surface area contributed by atoms with Crippen LogP contribution in [-0.4, -0.2) is 18.3 Å². The van der Waals surface area contributed by atoms with Crippen LogP contribution < -0.4 is 0 Å². The van der Waals surface area contributed by atoms with E-state index in [-0.39, 0.29) is 0 Å². The molecular weight excluding hydrogens is 1190 g/mol. The largest absolute Gasteiger partial charge is 0.309 e. The highest BCUT2D eigenvalue weighted by Crippen LogP contribution is 2.44. The van der Waals surface area contributed by atoms with Crippen LogP contribution in [0.3, 0.4) is 0 Å². The normalized spacial score (nSPS) is 11.7. The van der Waals surface area contributed by atoms with E-state index in [2.05, 4.69) is 340 Å². The zero-order chi connectivity index (χ0) is 65.0. The molecule has 0 bridgehead atoms. The number of hydrogen-bond donors (Lipinski definition) is 0. The highest BCUT2D eigenvalue weighted by atomic mass is 15.0. The molecule has 19 aromatic rings. The van der Waals surface area contributed by atoms with Crippen LogP contribution in [0.5, 0.6) is 0 Å². The molecule has 0 saturated carbocycles. The zero-order valence-electron chi connectivity index (χ0n) is 53.0. The predicted octanol–water partition coefficient (Wildman–Crippen LogP) is 23.8. The third-order valence-electron chi connectivity index (χ3n) is 20.0. The van der Waals surface area contributed by atoms with Gasteiger partial charge in [0.25, 0.3) is 0 Å². The second-order valence-corrected chi connectivity index (χ2v) is 25.5. The van der Waals surface area contributed by atoms with E-state index in [1.54, 1.807) is 0 Å². The molecule has 98 heavy (non-hydrogen) atoms. The Morgan fingerprint density at radius 3 is 0.888 bits per heavy atom. The van der Waals surface area contributed by atoms with E-state index in [0.29, 0.717) is 11.1 Å². The molecule has 6 heteroatoms. The highest BCUT2D eigenvalue weighted by molar-refractivity contribution is 6.16. The van der Waals surface area contributed by atoms with Gasteiger partial charge in [-0.3, -0.25) is 0 Å². The van der Waals surface area contributed by atoms with Crippen LogP contribution >= 0.6 is 0 Å². The van der Waals surface area contributed by atoms with Crippen LogP contribution in [0.15, 0.2) is 340 Å². The number of para-hydroxylation sites is 5. The molecule has 6 nitrogen and oxygen atoms in total. The Bertz CT molecular complexity index is 6550. The third-order valence-corrected chi connectivity index (χ3v) is 20.0. The van der Waals surface area contributed by atoms with Crippen LogP contribution in [-0.2, 0) is 0 Å². The highest BCUT2D eigenvalue weighted by Gasteiger charge is 2.21. The lowest BCUT2D eigenvalue weighted by Crippen LogP contribution is -1.95. The van der Waals surface area contributed by atoms with Crippen LogP contribution in [0.4, 0.5) is 0 Å². The first kappa shape index (κ1) is 56.1. The molecule has 0 fully saturated rings. The molecule has 0 spiro atoms. The van der Waals surface area contributed by atoms with Gasteiger partial charge in [-0.1, -0.05) is 176 Å². The average molecular weight is 1250 g/mol. The van der Waals surface area contributed by atoms with Gasteiger partial charge in [-0.05, 0) is 225 Å². The Kier molecular flexibility index (Phi) is 12.9. The number of nitriles is 2. The summed E-state index contributed by atoms with van der Waals surface area (Å²) in [7, 11) is 0. The minimum atomic E-state index is 0.613. The van der Waals surface area contributed by atoms with Crippen molar-refractivity contribution in [3.63, 3.8) is 0 Å². The SMILES string of the molecule is N#Cc1ccc(-c2cccc(-c3ccc4c(c3)c3cc(-c5ccc6c(c5)c5ccccc5n6-c5cccc(-c6cc(-c7ccc8c(c7)c7cc(-c9ccc%10c(c9)c9ccccc9n%10-c9ccccc9)ccc7n8-c7ccccc7)ccc6C#N)c5)ccc3n4-c3ccccc3)c2)cc1. The number of benzene rings is 15. The Labute approximate surface area is 565 Å². The van der Waals surface area contributed by atoms with Gasteiger partial charge >= 0.3 is 0 Å². The second kappa shape index (κ2) is 22.6. The van der Waals surface area contributed by atoms with Crippen molar-refractivity contribution in [3.8, 4) is 102 Å². The van der Waals surface area contributed by atoms with Gasteiger partial charge in [-0.15, -0.1) is 0 Å². The first-order valence-electron chi connectivity index (χ1n) is 33.1. The lowest BCUT2D eigenvalue weighted by molar-refractivity contribution is 1.18. The number of hydrogen-bond acceptors (Lipinski definition) is 2. The lowest BCUT2D eigenvalue weighted by Gasteiger charge is -2.13. The summed E-state index contributed by atoms with van der Waals surface area (Å²) in [5, 5.41) is 29.7. The molecule has 0 N–H and O–H groups in total. The fourth-order valence-corrected chi connectivity index (χ4v) is 15.4. The number of aromatic nitrogens is 4. The monoisotopic (exact) mass is 1240 g/mol. The van der Waals surface area contributed by atoms with Crippen molar-refractivity contribution in [2.24, 2.45) is 0 Å². The van der Waals surface area contributed by atoms with Gasteiger partial charge in [-0.25, -0.2) is 0 Å². The third kappa shape index (κ3) is 9.09. The second-order valence-electron chi connectivity index (χ2n) is 25.5. The molecule has 0 unspecified atom stereocenters. The Morgan fingerprint density at radius 2 is 0.480 bits per heavy atom. The first-order chi connectivity index (χ1) is 48.5. The van der Waals surface area contributed by atoms with Gasteiger partial charge in [0.15, 0.2) is 0 Å². The molecule has 0 saturated heterocycles. The molecule has 0 aliphatic rings. The first-order valence-corrected chi connectivity index (χ1v) is 33.1. The molecule has 15 aromatic carbocycles. The van der Waals surface area contributed by atoms with E-state index >= 15 is 0 Å². The Balaban J connectivity index is 0.694. The summed E-state index contributed by atoms with van der Waals surface area (Å²) in [6.07, 6.45) is 0. The van der Waals surface area contributed by atoms with E-state index in [1.807, 2.05) is 30.3 Å². The van der Waals surface area contributed by atoms with Crippen LogP contribution in [0.2, 0.25) is 0 Å². The zero-order valence-corrected chi connectivity index (χ0v) is 53.0. The summed E-state index contributed by atoms with van der Waals surface area (Å²) < 4.78 is 9.49. The van der Waals surface area contributed by atoms with Gasteiger partial charge in [0.05, 0.1) is 67.4 Å². The summed E-state index contributed by atoms with van der Waals surface area (Å²) in [6, 6.07) is 127. The van der Waals surface area contributed by atoms with Crippen molar-refractivity contribution in [2.45, 2.75) is 0 Å². The smallest absolute Gasteiger partial charge is 0.0998 e. The van der Waals surface area contributed by atoms with Crippen molar-refractivity contribution >= 4 is 87.2 Å². The molecule has 0 aliphatic carbocycles. The summed E-state index contributed by atoms with van der Waals surface area (Å²) >= 11 is 0. The maximum atomic E-state index is 10.9. The summed E-state index contributed by atoms with van der Waals surface area (Å²) in [6.45, 7) is 0. The van der Waals surface area contributed by atoms with Gasteiger partial charge < -0.3 is 18.3 Å². The van der Waals surface area contributed by atoms with Crippen molar-refractivity contribution in [1.82, 2.24) is 18.3 Å². The van der Waals surface area contributed by atoms with Crippen LogP contribution in [0, 0.1) is 22.7 Å². The van der Waals surface area contributed by atoms with Crippen LogP contribution in [0.1, 0.15) is 11.1 Å². The number of nitrogens with zero attached hydrogens (tertiary/aromatic N) is 6. The maximum absolute atomic E-state index is 10.9. The lowest BCUT2D eigenvalue weighted by atomic mass is 9.94. The summed E-state index contributed by atoms with van der Waals surface area (Å²) in [4.78, 5) is 0. The van der Waals surface area contributed by atoms with Crippen LogP contribution in [0.25, 0.3) is 177 Å².